The lowest BCUT2D eigenvalue weighted by Gasteiger charge is -2.28. The third-order valence-corrected chi connectivity index (χ3v) is 4.53. The fourth-order valence-corrected chi connectivity index (χ4v) is 3.40. The minimum atomic E-state index is -1.82. The van der Waals surface area contributed by atoms with E-state index < -0.39 is 11.9 Å². The van der Waals surface area contributed by atoms with E-state index in [9.17, 15) is 0 Å². The summed E-state index contributed by atoms with van der Waals surface area (Å²) in [6, 6.07) is 16.9. The van der Waals surface area contributed by atoms with Gasteiger partial charge in [-0.05, 0) is 49.3 Å². The molecule has 0 bridgehead atoms. The lowest BCUT2D eigenvalue weighted by molar-refractivity contribution is -0.159. The zero-order valence-corrected chi connectivity index (χ0v) is 18.4. The summed E-state index contributed by atoms with van der Waals surface area (Å²) in [6.07, 6.45) is 1.89. The van der Waals surface area contributed by atoms with Gasteiger partial charge in [-0.1, -0.05) is 38.1 Å². The number of imidazole rings is 1. The number of carboxylic acid groups (broad SMARTS) is 2. The summed E-state index contributed by atoms with van der Waals surface area (Å²) in [5.74, 6) is -3.65. The highest BCUT2D eigenvalue weighted by Gasteiger charge is 2.18. The van der Waals surface area contributed by atoms with E-state index in [4.69, 9.17) is 19.8 Å². The van der Waals surface area contributed by atoms with Crippen LogP contribution in [0, 0.1) is 5.41 Å². The zero-order chi connectivity index (χ0) is 23.0. The molecule has 8 nitrogen and oxygen atoms in total. The Labute approximate surface area is 182 Å². The topological polar surface area (TPSA) is 108 Å². The third kappa shape index (κ3) is 7.51. The minimum Gasteiger partial charge on any atom is -0.473 e. The number of nitrogens with one attached hydrogen (secondary N) is 1. The molecule has 0 atom stereocenters. The van der Waals surface area contributed by atoms with Crippen LogP contribution in [0.5, 0.6) is 0 Å². The third-order valence-electron chi connectivity index (χ3n) is 4.53. The fourth-order valence-electron chi connectivity index (χ4n) is 3.40. The van der Waals surface area contributed by atoms with Crippen molar-refractivity contribution in [1.29, 1.82) is 0 Å². The van der Waals surface area contributed by atoms with E-state index in [1.165, 1.54) is 5.56 Å². The smallest absolute Gasteiger partial charge is 0.414 e. The van der Waals surface area contributed by atoms with E-state index in [-0.39, 0.29) is 5.41 Å². The van der Waals surface area contributed by atoms with Crippen molar-refractivity contribution in [2.45, 2.75) is 20.4 Å². The number of benzene rings is 2. The van der Waals surface area contributed by atoms with Crippen LogP contribution in [-0.2, 0) is 16.1 Å². The van der Waals surface area contributed by atoms with Crippen LogP contribution in [0.15, 0.2) is 54.9 Å². The van der Waals surface area contributed by atoms with E-state index in [0.29, 0.717) is 0 Å². The molecule has 0 saturated carbocycles. The maximum Gasteiger partial charge on any atom is 0.414 e. The zero-order valence-electron chi connectivity index (χ0n) is 18.4. The number of aromatic nitrogens is 2. The summed E-state index contributed by atoms with van der Waals surface area (Å²) >= 11 is 0. The first-order valence-corrected chi connectivity index (χ1v) is 9.92. The highest BCUT2D eigenvalue weighted by atomic mass is 16.4. The van der Waals surface area contributed by atoms with Gasteiger partial charge >= 0.3 is 11.9 Å². The number of carboxylic acids is 2. The molecule has 0 radical (unpaired) electrons. The molecule has 166 valence electrons. The molecule has 3 rings (SSSR count). The lowest BCUT2D eigenvalue weighted by atomic mass is 9.93. The van der Waals surface area contributed by atoms with Gasteiger partial charge in [0.25, 0.3) is 0 Å². The maximum atomic E-state index is 9.10. The van der Waals surface area contributed by atoms with Crippen LogP contribution < -0.4 is 5.32 Å². The Bertz CT molecular complexity index is 998. The van der Waals surface area contributed by atoms with Crippen LogP contribution in [-0.4, -0.2) is 63.8 Å². The average molecular weight is 427 g/mol. The second-order valence-corrected chi connectivity index (χ2v) is 8.39. The summed E-state index contributed by atoms with van der Waals surface area (Å²) < 4.78 is 2.13. The number of aliphatic carboxylic acids is 2. The second kappa shape index (κ2) is 10.7. The number of fused-ring (bicyclic) bond motifs is 1. The highest BCUT2D eigenvalue weighted by Crippen LogP contribution is 2.19. The molecule has 1 heterocycles. The molecule has 8 heteroatoms. The van der Waals surface area contributed by atoms with E-state index >= 15 is 0 Å². The number of nitrogens with zero attached hydrogens (tertiary/aromatic N) is 3. The fraction of sp³-hybridized carbons (Fsp3) is 0.348. The Balaban J connectivity index is 0.000000501. The van der Waals surface area contributed by atoms with E-state index in [2.05, 4.69) is 78.0 Å². The molecule has 0 saturated heterocycles. The van der Waals surface area contributed by atoms with Crippen molar-refractivity contribution >= 4 is 23.0 Å². The van der Waals surface area contributed by atoms with Crippen molar-refractivity contribution in [3.05, 3.63) is 60.4 Å². The minimum absolute atomic E-state index is 0.263. The largest absolute Gasteiger partial charge is 0.473 e. The lowest BCUT2D eigenvalue weighted by Crippen LogP contribution is -2.37. The van der Waals surface area contributed by atoms with Gasteiger partial charge in [0.1, 0.15) is 6.33 Å². The number of carbonyl (C=O) groups is 2. The van der Waals surface area contributed by atoms with Gasteiger partial charge in [0.15, 0.2) is 0 Å². The predicted molar refractivity (Wildman–Crippen MR) is 120 cm³/mol. The predicted octanol–water partition coefficient (Wildman–Crippen LogP) is 2.86. The number of hydrogen-bond acceptors (Lipinski definition) is 5. The summed E-state index contributed by atoms with van der Waals surface area (Å²) in [5.41, 5.74) is 4.87. The van der Waals surface area contributed by atoms with Crippen molar-refractivity contribution in [3.63, 3.8) is 0 Å². The molecular formula is C23H30N4O4. The monoisotopic (exact) mass is 426 g/mol. The molecule has 31 heavy (non-hydrogen) atoms. The first-order chi connectivity index (χ1) is 14.6. The standard InChI is InChI=1S/C21H28N4.C2H2O4/c1-21(2,15-24(3)4)14-22-13-17-9-11-18(12-10-17)25-16-23-19-7-5-6-8-20(19)25;3-1(4)2(5)6/h5-12,16,22H,13-15H2,1-4H3;(H,3,4)(H,5,6). The normalized spacial score (nSPS) is 11.3. The Morgan fingerprint density at radius 3 is 2.23 bits per heavy atom. The van der Waals surface area contributed by atoms with Gasteiger partial charge in [-0.25, -0.2) is 14.6 Å². The Morgan fingerprint density at radius 2 is 1.65 bits per heavy atom. The maximum absolute atomic E-state index is 9.10. The summed E-state index contributed by atoms with van der Waals surface area (Å²) in [6.45, 7) is 7.56. The Kier molecular flexibility index (Phi) is 8.30. The van der Waals surface area contributed by atoms with Crippen LogP contribution in [0.2, 0.25) is 0 Å². The van der Waals surface area contributed by atoms with Gasteiger partial charge in [-0.2, -0.15) is 0 Å². The number of para-hydroxylation sites is 2. The van der Waals surface area contributed by atoms with Crippen LogP contribution in [0.25, 0.3) is 16.7 Å². The quantitative estimate of drug-likeness (QED) is 0.499. The molecule has 1 aromatic heterocycles. The van der Waals surface area contributed by atoms with Gasteiger partial charge in [0.05, 0.1) is 11.0 Å². The highest BCUT2D eigenvalue weighted by molar-refractivity contribution is 6.27. The van der Waals surface area contributed by atoms with Crippen molar-refractivity contribution in [2.24, 2.45) is 5.41 Å². The SMILES string of the molecule is CN(C)CC(C)(C)CNCc1ccc(-n2cnc3ccccc32)cc1.O=C(O)C(=O)O. The van der Waals surface area contributed by atoms with Crippen molar-refractivity contribution in [3.8, 4) is 5.69 Å². The molecule has 0 spiro atoms. The van der Waals surface area contributed by atoms with Crippen molar-refractivity contribution < 1.29 is 19.8 Å². The summed E-state index contributed by atoms with van der Waals surface area (Å²) in [4.78, 5) is 24.9. The van der Waals surface area contributed by atoms with Crippen LogP contribution in [0.4, 0.5) is 0 Å². The number of rotatable bonds is 7. The summed E-state index contributed by atoms with van der Waals surface area (Å²) in [5, 5.41) is 18.4. The van der Waals surface area contributed by atoms with E-state index in [0.717, 1.165) is 36.4 Å². The molecule has 0 amide bonds. The molecule has 2 aromatic carbocycles. The molecule has 3 N–H and O–H groups in total. The van der Waals surface area contributed by atoms with Crippen molar-refractivity contribution in [2.75, 3.05) is 27.2 Å². The van der Waals surface area contributed by atoms with Crippen molar-refractivity contribution in [1.82, 2.24) is 19.8 Å². The molecule has 0 aliphatic carbocycles. The van der Waals surface area contributed by atoms with Crippen LogP contribution in [0.3, 0.4) is 0 Å². The van der Waals surface area contributed by atoms with Gasteiger partial charge in [0.2, 0.25) is 0 Å². The van der Waals surface area contributed by atoms with Gasteiger partial charge in [-0.15, -0.1) is 0 Å². The molecule has 0 aliphatic rings. The van der Waals surface area contributed by atoms with E-state index in [1.807, 2.05) is 24.5 Å². The second-order valence-electron chi connectivity index (χ2n) is 8.39. The summed E-state index contributed by atoms with van der Waals surface area (Å²) in [7, 11) is 4.25. The van der Waals surface area contributed by atoms with E-state index in [1.54, 1.807) is 0 Å². The van der Waals surface area contributed by atoms with Crippen LogP contribution >= 0.6 is 0 Å². The molecule has 0 aliphatic heterocycles. The first-order valence-electron chi connectivity index (χ1n) is 9.92. The van der Waals surface area contributed by atoms with Gasteiger partial charge in [0, 0.05) is 25.3 Å². The molecule has 0 unspecified atom stereocenters. The first kappa shape index (κ1) is 24.0. The molecule has 0 fully saturated rings. The number of hydrogen-bond donors (Lipinski definition) is 3. The molecule has 3 aromatic rings. The Morgan fingerprint density at radius 1 is 1.03 bits per heavy atom. The van der Waals surface area contributed by atoms with Gasteiger partial charge in [-0.3, -0.25) is 4.57 Å². The average Bonchev–Trinajstić information content (AvgIpc) is 3.12. The van der Waals surface area contributed by atoms with Gasteiger partial charge < -0.3 is 20.4 Å². The van der Waals surface area contributed by atoms with Crippen LogP contribution in [0.1, 0.15) is 19.4 Å². The molecular weight excluding hydrogens is 396 g/mol. The Hall–Kier alpha value is -3.23.